The summed E-state index contributed by atoms with van der Waals surface area (Å²) in [6.07, 6.45) is 5.18. The Bertz CT molecular complexity index is 852. The number of amides is 2. The molecule has 1 fully saturated rings. The Balaban J connectivity index is 1.56. The molecule has 0 radical (unpaired) electrons. The Morgan fingerprint density at radius 2 is 2.12 bits per heavy atom. The second-order valence-corrected chi connectivity index (χ2v) is 9.29. The molecule has 0 saturated carbocycles. The number of hydrogen-bond donors (Lipinski definition) is 2. The number of likely N-dealkylation sites (tertiary alicyclic amines) is 1. The van der Waals surface area contributed by atoms with E-state index < -0.39 is 10.0 Å². The molecule has 0 spiro atoms. The summed E-state index contributed by atoms with van der Waals surface area (Å²) in [5.74, 6) is 0. The van der Waals surface area contributed by atoms with E-state index in [1.807, 2.05) is 18.2 Å². The highest BCUT2D eigenvalue weighted by Gasteiger charge is 2.26. The summed E-state index contributed by atoms with van der Waals surface area (Å²) < 4.78 is 25.3. The zero-order valence-electron chi connectivity index (χ0n) is 14.5. The molecule has 1 atom stereocenters. The molecule has 3 rings (SSSR count). The first-order valence-corrected chi connectivity index (χ1v) is 11.1. The van der Waals surface area contributed by atoms with Crippen LogP contribution >= 0.6 is 11.3 Å². The van der Waals surface area contributed by atoms with E-state index in [1.165, 1.54) is 16.9 Å². The van der Waals surface area contributed by atoms with Crippen molar-refractivity contribution >= 4 is 32.5 Å². The maximum atomic E-state index is 12.5. The average Bonchev–Trinajstić information content (AvgIpc) is 3.01. The Morgan fingerprint density at radius 3 is 2.85 bits per heavy atom. The number of aromatic nitrogens is 1. The van der Waals surface area contributed by atoms with Crippen LogP contribution in [0.2, 0.25) is 0 Å². The van der Waals surface area contributed by atoms with Crippen molar-refractivity contribution in [3.8, 4) is 0 Å². The fourth-order valence-corrected chi connectivity index (χ4v) is 4.61. The van der Waals surface area contributed by atoms with Crippen LogP contribution in [0.3, 0.4) is 0 Å². The van der Waals surface area contributed by atoms with Crippen LogP contribution in [-0.2, 0) is 16.4 Å². The van der Waals surface area contributed by atoms with E-state index in [0.717, 1.165) is 30.4 Å². The zero-order valence-corrected chi connectivity index (χ0v) is 16.1. The lowest BCUT2D eigenvalue weighted by atomic mass is 10.1. The number of thiazole rings is 1. The van der Waals surface area contributed by atoms with Crippen LogP contribution in [0.25, 0.3) is 0 Å². The number of urea groups is 1. The van der Waals surface area contributed by atoms with E-state index in [1.54, 1.807) is 11.1 Å². The van der Waals surface area contributed by atoms with Gasteiger partial charge in [0.25, 0.3) is 0 Å². The maximum Gasteiger partial charge on any atom is 0.323 e. The smallest absolute Gasteiger partial charge is 0.323 e. The summed E-state index contributed by atoms with van der Waals surface area (Å²) in [5, 5.41) is 3.37. The van der Waals surface area contributed by atoms with Crippen molar-refractivity contribution in [3.63, 3.8) is 0 Å². The molecule has 7 nitrogen and oxygen atoms in total. The monoisotopic (exact) mass is 394 g/mol. The SMILES string of the molecule is CS(=O)(=O)N[C@H]1CCCN(C(=O)Nc2ncc(Cc3ccccc3)s2)C1. The number of nitrogens with one attached hydrogen (secondary N) is 2. The largest absolute Gasteiger partial charge is 0.323 e. The number of carbonyl (C=O) groups excluding carboxylic acids is 1. The van der Waals surface area contributed by atoms with Gasteiger partial charge in [0.05, 0.1) is 6.26 Å². The van der Waals surface area contributed by atoms with Crippen molar-refractivity contribution in [2.75, 3.05) is 24.7 Å². The predicted octanol–water partition coefficient (Wildman–Crippen LogP) is 2.28. The third-order valence-corrected chi connectivity index (χ3v) is 5.75. The van der Waals surface area contributed by atoms with Gasteiger partial charge in [-0.2, -0.15) is 0 Å². The maximum absolute atomic E-state index is 12.5. The van der Waals surface area contributed by atoms with Gasteiger partial charge in [0.15, 0.2) is 5.13 Å². The molecule has 1 aliphatic rings. The van der Waals surface area contributed by atoms with Crippen molar-refractivity contribution in [1.82, 2.24) is 14.6 Å². The summed E-state index contributed by atoms with van der Waals surface area (Å²) in [7, 11) is -3.28. The second kappa shape index (κ2) is 8.15. The van der Waals surface area contributed by atoms with Gasteiger partial charge >= 0.3 is 6.03 Å². The predicted molar refractivity (Wildman–Crippen MR) is 103 cm³/mol. The van der Waals surface area contributed by atoms with Gasteiger partial charge in [-0.25, -0.2) is 22.9 Å². The molecule has 1 aromatic carbocycles. The first-order chi connectivity index (χ1) is 12.4. The Hall–Kier alpha value is -1.97. The molecule has 2 amide bonds. The number of carbonyl (C=O) groups is 1. The van der Waals surface area contributed by atoms with E-state index in [2.05, 4.69) is 27.2 Å². The summed E-state index contributed by atoms with van der Waals surface area (Å²) in [4.78, 5) is 19.4. The summed E-state index contributed by atoms with van der Waals surface area (Å²) in [6.45, 7) is 0.969. The van der Waals surface area contributed by atoms with Gasteiger partial charge in [-0.1, -0.05) is 30.3 Å². The molecule has 0 bridgehead atoms. The van der Waals surface area contributed by atoms with Gasteiger partial charge < -0.3 is 4.90 Å². The van der Waals surface area contributed by atoms with E-state index >= 15 is 0 Å². The molecule has 26 heavy (non-hydrogen) atoms. The standard InChI is InChI=1S/C17H22N4O3S2/c1-26(23,24)20-14-8-5-9-21(12-14)17(22)19-16-18-11-15(25-16)10-13-6-3-2-4-7-13/h2-4,6-7,11,14,20H,5,8-10,12H2,1H3,(H,18,19,22)/t14-/m0/s1. The third kappa shape index (κ3) is 5.52. The van der Waals surface area contributed by atoms with Crippen molar-refractivity contribution in [2.24, 2.45) is 0 Å². The molecule has 1 aromatic heterocycles. The molecule has 0 aliphatic carbocycles. The number of hydrogen-bond acceptors (Lipinski definition) is 5. The fraction of sp³-hybridized carbons (Fsp3) is 0.412. The lowest BCUT2D eigenvalue weighted by Gasteiger charge is -2.32. The first kappa shape index (κ1) is 18.8. The molecule has 1 saturated heterocycles. The molecule has 0 unspecified atom stereocenters. The molecule has 2 heterocycles. The minimum absolute atomic E-state index is 0.241. The van der Waals surface area contributed by atoms with E-state index in [-0.39, 0.29) is 12.1 Å². The lowest BCUT2D eigenvalue weighted by molar-refractivity contribution is 0.190. The van der Waals surface area contributed by atoms with Crippen molar-refractivity contribution in [1.29, 1.82) is 0 Å². The van der Waals surface area contributed by atoms with Crippen LogP contribution in [0.5, 0.6) is 0 Å². The van der Waals surface area contributed by atoms with Gasteiger partial charge in [-0.3, -0.25) is 5.32 Å². The van der Waals surface area contributed by atoms with Crippen LogP contribution in [0, 0.1) is 0 Å². The topological polar surface area (TPSA) is 91.4 Å². The van der Waals surface area contributed by atoms with Gasteiger partial charge in [0.1, 0.15) is 0 Å². The molecular formula is C17H22N4O3S2. The first-order valence-electron chi connectivity index (χ1n) is 8.41. The van der Waals surface area contributed by atoms with Crippen LogP contribution in [-0.4, -0.2) is 49.7 Å². The molecule has 140 valence electrons. The molecule has 1 aliphatic heterocycles. The van der Waals surface area contributed by atoms with E-state index in [4.69, 9.17) is 0 Å². The van der Waals surface area contributed by atoms with Gasteiger partial charge in [0, 0.05) is 36.6 Å². The normalized spacial score (nSPS) is 17.9. The average molecular weight is 395 g/mol. The van der Waals surface area contributed by atoms with Crippen LogP contribution in [0.15, 0.2) is 36.5 Å². The van der Waals surface area contributed by atoms with Crippen LogP contribution < -0.4 is 10.0 Å². The van der Waals surface area contributed by atoms with Gasteiger partial charge in [-0.05, 0) is 18.4 Å². The minimum atomic E-state index is -3.28. The Kier molecular flexibility index (Phi) is 5.90. The number of nitrogens with zero attached hydrogens (tertiary/aromatic N) is 2. The Morgan fingerprint density at radius 1 is 1.35 bits per heavy atom. The zero-order chi connectivity index (χ0) is 18.6. The lowest BCUT2D eigenvalue weighted by Crippen LogP contribution is -2.50. The summed E-state index contributed by atoms with van der Waals surface area (Å²) in [5.41, 5.74) is 1.19. The highest BCUT2D eigenvalue weighted by molar-refractivity contribution is 7.88. The molecule has 2 N–H and O–H groups in total. The Labute approximate surface area is 157 Å². The van der Waals surface area contributed by atoms with Crippen LogP contribution in [0.4, 0.5) is 9.93 Å². The van der Waals surface area contributed by atoms with Gasteiger partial charge in [0.2, 0.25) is 10.0 Å². The van der Waals surface area contributed by atoms with Crippen molar-refractivity contribution in [3.05, 3.63) is 47.0 Å². The summed E-state index contributed by atoms with van der Waals surface area (Å²) in [6, 6.07) is 9.60. The molecule has 2 aromatic rings. The molecular weight excluding hydrogens is 372 g/mol. The second-order valence-electron chi connectivity index (χ2n) is 6.40. The number of benzene rings is 1. The molecule has 9 heteroatoms. The number of anilines is 1. The fourth-order valence-electron chi connectivity index (χ4n) is 2.98. The van der Waals surface area contributed by atoms with E-state index in [9.17, 15) is 13.2 Å². The third-order valence-electron chi connectivity index (χ3n) is 4.08. The summed E-state index contributed by atoms with van der Waals surface area (Å²) >= 11 is 1.45. The highest BCUT2D eigenvalue weighted by atomic mass is 32.2. The number of sulfonamides is 1. The quantitative estimate of drug-likeness (QED) is 0.814. The highest BCUT2D eigenvalue weighted by Crippen LogP contribution is 2.22. The number of rotatable bonds is 5. The van der Waals surface area contributed by atoms with E-state index in [0.29, 0.717) is 18.2 Å². The van der Waals surface area contributed by atoms with Crippen molar-refractivity contribution < 1.29 is 13.2 Å². The van der Waals surface area contributed by atoms with Crippen molar-refractivity contribution in [2.45, 2.75) is 25.3 Å². The van der Waals surface area contributed by atoms with Crippen LogP contribution in [0.1, 0.15) is 23.3 Å². The number of piperidine rings is 1. The van der Waals surface area contributed by atoms with Gasteiger partial charge in [-0.15, -0.1) is 11.3 Å². The minimum Gasteiger partial charge on any atom is -0.323 e.